The molecule has 1 spiro atoms. The molecule has 2 saturated heterocycles. The summed E-state index contributed by atoms with van der Waals surface area (Å²) in [6.45, 7) is 0.123. The predicted molar refractivity (Wildman–Crippen MR) is 149 cm³/mol. The van der Waals surface area contributed by atoms with E-state index >= 15 is 0 Å². The fourth-order valence-electron chi connectivity index (χ4n) is 5.64. The number of aromatic nitrogens is 2. The average molecular weight is 571 g/mol. The SMILES string of the molecule is CN1C(=O)N(c2cc(Cl)cc(Cl)c2)C(=O)[C@]12CN(C(=O)c1ccc3nccnc3c1)C[C@H]2c1ccc(C#N)cc1. The lowest BCUT2D eigenvalue weighted by Gasteiger charge is -2.33. The molecule has 2 fully saturated rings. The maximum absolute atomic E-state index is 14.3. The molecule has 1 aromatic heterocycles. The number of carbonyl (C=O) groups excluding carboxylic acids is 3. The summed E-state index contributed by atoms with van der Waals surface area (Å²) in [5.41, 5.74) is 1.62. The highest BCUT2D eigenvalue weighted by Gasteiger charge is 2.65. The van der Waals surface area contributed by atoms with Crippen molar-refractivity contribution >= 4 is 57.8 Å². The van der Waals surface area contributed by atoms with Gasteiger partial charge < -0.3 is 9.80 Å². The number of nitrogens with zero attached hydrogens (tertiary/aromatic N) is 6. The van der Waals surface area contributed by atoms with E-state index in [0.29, 0.717) is 22.2 Å². The van der Waals surface area contributed by atoms with Crippen molar-refractivity contribution in [2.24, 2.45) is 0 Å². The minimum absolute atomic E-state index is 0.0408. The van der Waals surface area contributed by atoms with Gasteiger partial charge in [0.1, 0.15) is 5.54 Å². The molecule has 0 radical (unpaired) electrons. The first kappa shape index (κ1) is 25.7. The number of anilines is 1. The van der Waals surface area contributed by atoms with Crippen LogP contribution in [0.25, 0.3) is 11.0 Å². The molecule has 0 N–H and O–H groups in total. The van der Waals surface area contributed by atoms with E-state index in [-0.39, 0.29) is 34.7 Å². The van der Waals surface area contributed by atoms with Gasteiger partial charge in [-0.3, -0.25) is 19.6 Å². The molecule has 2 atom stereocenters. The summed E-state index contributed by atoms with van der Waals surface area (Å²) in [6.07, 6.45) is 3.13. The fourth-order valence-corrected chi connectivity index (χ4v) is 6.15. The molecule has 2 aliphatic heterocycles. The summed E-state index contributed by atoms with van der Waals surface area (Å²) < 4.78 is 0. The number of likely N-dealkylation sites (N-methyl/N-ethyl adjacent to an activating group) is 1. The van der Waals surface area contributed by atoms with Gasteiger partial charge >= 0.3 is 6.03 Å². The van der Waals surface area contributed by atoms with Gasteiger partial charge in [0, 0.05) is 47.5 Å². The van der Waals surface area contributed by atoms with Gasteiger partial charge in [0.05, 0.1) is 34.9 Å². The molecular formula is C29H20Cl2N6O3. The summed E-state index contributed by atoms with van der Waals surface area (Å²) >= 11 is 12.4. The Morgan fingerprint density at radius 2 is 1.65 bits per heavy atom. The number of hydrogen-bond donors (Lipinski definition) is 0. The van der Waals surface area contributed by atoms with E-state index in [2.05, 4.69) is 16.0 Å². The Kier molecular flexibility index (Phi) is 6.17. The van der Waals surface area contributed by atoms with Crippen LogP contribution in [0.2, 0.25) is 10.0 Å². The molecule has 40 heavy (non-hydrogen) atoms. The Morgan fingerprint density at radius 1 is 0.975 bits per heavy atom. The quantitative estimate of drug-likeness (QED) is 0.324. The van der Waals surface area contributed by atoms with Gasteiger partial charge in [0.15, 0.2) is 0 Å². The Labute approximate surface area is 239 Å². The van der Waals surface area contributed by atoms with Crippen molar-refractivity contribution in [2.45, 2.75) is 11.5 Å². The first-order valence-electron chi connectivity index (χ1n) is 12.3. The molecule has 0 bridgehead atoms. The van der Waals surface area contributed by atoms with Gasteiger partial charge in [-0.2, -0.15) is 5.26 Å². The Hall–Kier alpha value is -4.52. The molecule has 6 rings (SSSR count). The summed E-state index contributed by atoms with van der Waals surface area (Å²) in [5.74, 6) is -1.38. The van der Waals surface area contributed by atoms with Crippen molar-refractivity contribution in [2.75, 3.05) is 25.0 Å². The van der Waals surface area contributed by atoms with E-state index in [0.717, 1.165) is 10.5 Å². The maximum Gasteiger partial charge on any atom is 0.332 e. The third-order valence-electron chi connectivity index (χ3n) is 7.61. The zero-order valence-corrected chi connectivity index (χ0v) is 22.6. The number of halogens is 2. The molecular weight excluding hydrogens is 551 g/mol. The van der Waals surface area contributed by atoms with Crippen molar-refractivity contribution in [3.05, 3.63) is 99.8 Å². The van der Waals surface area contributed by atoms with Gasteiger partial charge in [-0.1, -0.05) is 35.3 Å². The highest BCUT2D eigenvalue weighted by molar-refractivity contribution is 6.36. The third-order valence-corrected chi connectivity index (χ3v) is 8.05. The van der Waals surface area contributed by atoms with Crippen molar-refractivity contribution in [3.63, 3.8) is 0 Å². The van der Waals surface area contributed by atoms with E-state index in [9.17, 15) is 19.6 Å². The van der Waals surface area contributed by atoms with E-state index < -0.39 is 23.4 Å². The second kappa shape index (κ2) is 9.59. The summed E-state index contributed by atoms with van der Waals surface area (Å²) in [4.78, 5) is 54.4. The maximum atomic E-state index is 14.3. The van der Waals surface area contributed by atoms with Crippen LogP contribution in [0.4, 0.5) is 10.5 Å². The van der Waals surface area contributed by atoms with Crippen molar-refractivity contribution in [3.8, 4) is 6.07 Å². The van der Waals surface area contributed by atoms with Crippen LogP contribution in [-0.4, -0.2) is 63.3 Å². The number of amides is 4. The number of fused-ring (bicyclic) bond motifs is 1. The first-order valence-corrected chi connectivity index (χ1v) is 13.1. The molecule has 4 aromatic rings. The van der Waals surface area contributed by atoms with Crippen molar-refractivity contribution in [1.82, 2.24) is 19.8 Å². The largest absolute Gasteiger partial charge is 0.335 e. The molecule has 4 amide bonds. The van der Waals surface area contributed by atoms with Crippen LogP contribution in [-0.2, 0) is 4.79 Å². The standard InChI is InChI=1S/C29H20Cl2N6O3/c1-35-28(40)37(22-12-20(30)11-21(31)13-22)27(39)29(35)16-36(15-23(29)18-4-2-17(14-32)3-5-18)26(38)19-6-7-24-25(10-19)34-9-8-33-24/h2-13,23H,15-16H2,1H3/t23-,29+/m0/s1. The number of rotatable bonds is 3. The van der Waals surface area contributed by atoms with Gasteiger partial charge in [-0.15, -0.1) is 0 Å². The lowest BCUT2D eigenvalue weighted by molar-refractivity contribution is -0.124. The number of urea groups is 1. The summed E-state index contributed by atoms with van der Waals surface area (Å²) in [7, 11) is 1.56. The second-order valence-corrected chi connectivity index (χ2v) is 10.6. The fraction of sp³-hybridized carbons (Fsp3) is 0.172. The van der Waals surface area contributed by atoms with Crippen molar-refractivity contribution in [1.29, 1.82) is 5.26 Å². The number of carbonyl (C=O) groups is 3. The molecule has 0 unspecified atom stereocenters. The molecule has 198 valence electrons. The molecule has 3 aromatic carbocycles. The van der Waals surface area contributed by atoms with Crippen LogP contribution in [0.3, 0.4) is 0 Å². The second-order valence-electron chi connectivity index (χ2n) is 9.77. The molecule has 9 nitrogen and oxygen atoms in total. The number of imide groups is 1. The van der Waals surface area contributed by atoms with E-state index in [1.165, 1.54) is 23.1 Å². The number of benzene rings is 3. The zero-order chi connectivity index (χ0) is 28.2. The van der Waals surface area contributed by atoms with Gasteiger partial charge in [0.25, 0.3) is 11.8 Å². The third kappa shape index (κ3) is 3.96. The Bertz CT molecular complexity index is 1730. The van der Waals surface area contributed by atoms with Crippen molar-refractivity contribution < 1.29 is 14.4 Å². The van der Waals surface area contributed by atoms with Crippen LogP contribution in [0.15, 0.2) is 73.1 Å². The molecule has 0 saturated carbocycles. The van der Waals surface area contributed by atoms with E-state index in [1.807, 2.05) is 0 Å². The van der Waals surface area contributed by atoms with Gasteiger partial charge in [0.2, 0.25) is 0 Å². The van der Waals surface area contributed by atoms with Crippen LogP contribution in [0.5, 0.6) is 0 Å². The number of nitriles is 1. The predicted octanol–water partition coefficient (Wildman–Crippen LogP) is 4.89. The monoisotopic (exact) mass is 570 g/mol. The number of likely N-dealkylation sites (tertiary alicyclic amines) is 1. The van der Waals surface area contributed by atoms with Crippen LogP contribution in [0.1, 0.15) is 27.4 Å². The number of hydrogen-bond acceptors (Lipinski definition) is 6. The molecule has 11 heteroatoms. The highest BCUT2D eigenvalue weighted by Crippen LogP contribution is 2.47. The van der Waals surface area contributed by atoms with Crippen LogP contribution in [0, 0.1) is 11.3 Å². The Morgan fingerprint density at radius 3 is 2.33 bits per heavy atom. The lowest BCUT2D eigenvalue weighted by atomic mass is 9.80. The molecule has 0 aliphatic carbocycles. The summed E-state index contributed by atoms with van der Waals surface area (Å²) in [6, 6.07) is 17.9. The van der Waals surface area contributed by atoms with E-state index in [4.69, 9.17) is 23.2 Å². The van der Waals surface area contributed by atoms with Gasteiger partial charge in [-0.05, 0) is 54.1 Å². The Balaban J connectivity index is 1.44. The first-order chi connectivity index (χ1) is 19.2. The van der Waals surface area contributed by atoms with Crippen LogP contribution < -0.4 is 4.90 Å². The minimum Gasteiger partial charge on any atom is -0.335 e. The van der Waals surface area contributed by atoms with E-state index in [1.54, 1.807) is 66.8 Å². The molecule has 2 aliphatic rings. The minimum atomic E-state index is -1.41. The van der Waals surface area contributed by atoms with Gasteiger partial charge in [-0.25, -0.2) is 9.69 Å². The molecule has 3 heterocycles. The smallest absolute Gasteiger partial charge is 0.332 e. The normalized spacial score (nSPS) is 20.6. The average Bonchev–Trinajstić information content (AvgIpc) is 3.44. The summed E-state index contributed by atoms with van der Waals surface area (Å²) in [5, 5.41) is 9.84. The lowest BCUT2D eigenvalue weighted by Crippen LogP contribution is -2.54. The zero-order valence-electron chi connectivity index (χ0n) is 21.1. The highest BCUT2D eigenvalue weighted by atomic mass is 35.5. The topological polar surface area (TPSA) is 110 Å². The van der Waals surface area contributed by atoms with Crippen LogP contribution >= 0.6 is 23.2 Å².